The summed E-state index contributed by atoms with van der Waals surface area (Å²) in [5.41, 5.74) is 1.41. The maximum atomic E-state index is 2.37. The second-order valence-electron chi connectivity index (χ2n) is 3.39. The number of rotatable bonds is 0. The fourth-order valence-corrected chi connectivity index (χ4v) is 2.57. The van der Waals surface area contributed by atoms with E-state index in [9.17, 15) is 0 Å². The van der Waals surface area contributed by atoms with E-state index in [0.717, 1.165) is 5.25 Å². The summed E-state index contributed by atoms with van der Waals surface area (Å²) in [6.45, 7) is 4.58. The molecule has 0 N–H and O–H groups in total. The highest BCUT2D eigenvalue weighted by Crippen LogP contribution is 2.38. The van der Waals surface area contributed by atoms with Crippen LogP contribution in [0.1, 0.15) is 19.4 Å². The van der Waals surface area contributed by atoms with Gasteiger partial charge in [0.05, 0.1) is 0 Å². The van der Waals surface area contributed by atoms with Gasteiger partial charge in [-0.05, 0) is 24.0 Å². The number of hydrogen-bond acceptors (Lipinski definition) is 1. The van der Waals surface area contributed by atoms with Gasteiger partial charge in [0.2, 0.25) is 0 Å². The molecule has 1 aromatic rings. The lowest BCUT2D eigenvalue weighted by molar-refractivity contribution is 0.662. The number of thioether (sulfide) groups is 1. The van der Waals surface area contributed by atoms with Crippen LogP contribution < -0.4 is 0 Å². The van der Waals surface area contributed by atoms with E-state index in [0.29, 0.717) is 5.92 Å². The molecule has 2 atom stereocenters. The Morgan fingerprint density at radius 1 is 1.17 bits per heavy atom. The van der Waals surface area contributed by atoms with Crippen LogP contribution in [0.4, 0.5) is 0 Å². The van der Waals surface area contributed by atoms with Gasteiger partial charge in [0.25, 0.3) is 0 Å². The minimum absolute atomic E-state index is 0.699. The first-order chi connectivity index (χ1) is 5.77. The maximum Gasteiger partial charge on any atom is 0.0110 e. The Kier molecular flexibility index (Phi) is 2.14. The van der Waals surface area contributed by atoms with Gasteiger partial charge < -0.3 is 0 Å². The van der Waals surface area contributed by atoms with Gasteiger partial charge in [-0.15, -0.1) is 11.8 Å². The molecule has 0 saturated heterocycles. The van der Waals surface area contributed by atoms with Crippen molar-refractivity contribution in [2.24, 2.45) is 5.92 Å². The second-order valence-corrected chi connectivity index (χ2v) is 4.81. The van der Waals surface area contributed by atoms with Crippen LogP contribution in [-0.2, 0) is 0 Å². The standard InChI is InChI=1S/C11H13S/c1-8-7-10-5-3-4-6-11(10)12-9(8)2/h3-9H,1-2H3/t8-,9-/m0/s1. The Bertz CT molecular complexity index is 251. The molecule has 0 nitrogen and oxygen atoms in total. The van der Waals surface area contributed by atoms with Gasteiger partial charge in [0, 0.05) is 10.1 Å². The fraction of sp³-hybridized carbons (Fsp3) is 0.364. The molecular formula is C11H13S. The predicted molar refractivity (Wildman–Crippen MR) is 54.3 cm³/mol. The number of hydrogen-bond donors (Lipinski definition) is 0. The third-order valence-electron chi connectivity index (χ3n) is 2.41. The molecule has 0 bridgehead atoms. The predicted octanol–water partition coefficient (Wildman–Crippen LogP) is 3.37. The molecule has 0 unspecified atom stereocenters. The van der Waals surface area contributed by atoms with Crippen molar-refractivity contribution in [1.29, 1.82) is 0 Å². The van der Waals surface area contributed by atoms with Crippen molar-refractivity contribution in [1.82, 2.24) is 0 Å². The van der Waals surface area contributed by atoms with Gasteiger partial charge in [-0.2, -0.15) is 0 Å². The summed E-state index contributed by atoms with van der Waals surface area (Å²) in [5, 5.41) is 0.722. The van der Waals surface area contributed by atoms with Crippen LogP contribution >= 0.6 is 11.8 Å². The van der Waals surface area contributed by atoms with Crippen molar-refractivity contribution in [3.63, 3.8) is 0 Å². The van der Waals surface area contributed by atoms with Crippen LogP contribution in [0.2, 0.25) is 0 Å². The van der Waals surface area contributed by atoms with Crippen LogP contribution in [-0.4, -0.2) is 5.25 Å². The minimum atomic E-state index is 0.699. The van der Waals surface area contributed by atoms with Crippen LogP contribution in [0.3, 0.4) is 0 Å². The molecule has 1 radical (unpaired) electrons. The van der Waals surface area contributed by atoms with Gasteiger partial charge in [-0.25, -0.2) is 0 Å². The first-order valence-corrected chi connectivity index (χ1v) is 5.26. The Morgan fingerprint density at radius 2 is 1.92 bits per heavy atom. The summed E-state index contributed by atoms with van der Waals surface area (Å²) in [4.78, 5) is 1.43. The molecule has 0 aliphatic carbocycles. The summed E-state index contributed by atoms with van der Waals surface area (Å²) in [6.07, 6.45) is 2.37. The highest BCUT2D eigenvalue weighted by atomic mass is 32.2. The van der Waals surface area contributed by atoms with E-state index in [1.54, 1.807) is 0 Å². The van der Waals surface area contributed by atoms with E-state index < -0.39 is 0 Å². The van der Waals surface area contributed by atoms with E-state index in [-0.39, 0.29) is 0 Å². The largest absolute Gasteiger partial charge is 0.122 e. The Balaban J connectivity index is 2.34. The lowest BCUT2D eigenvalue weighted by Gasteiger charge is -2.26. The Morgan fingerprint density at radius 3 is 2.75 bits per heavy atom. The summed E-state index contributed by atoms with van der Waals surface area (Å²) in [6, 6.07) is 8.63. The minimum Gasteiger partial charge on any atom is -0.122 e. The maximum absolute atomic E-state index is 2.37. The lowest BCUT2D eigenvalue weighted by atomic mass is 9.98. The molecule has 2 rings (SSSR count). The van der Waals surface area contributed by atoms with Crippen LogP contribution in [0.25, 0.3) is 0 Å². The zero-order valence-electron chi connectivity index (χ0n) is 7.45. The molecule has 1 heterocycles. The molecule has 0 spiro atoms. The molecule has 63 valence electrons. The van der Waals surface area contributed by atoms with Gasteiger partial charge in [-0.1, -0.05) is 32.0 Å². The van der Waals surface area contributed by atoms with Gasteiger partial charge >= 0.3 is 0 Å². The molecule has 0 fully saturated rings. The van der Waals surface area contributed by atoms with Crippen molar-refractivity contribution in [2.75, 3.05) is 0 Å². The smallest absolute Gasteiger partial charge is 0.0110 e. The Hall–Kier alpha value is -0.430. The normalized spacial score (nSPS) is 28.2. The third-order valence-corrected chi connectivity index (χ3v) is 3.84. The summed E-state index contributed by atoms with van der Waals surface area (Å²) in [5.74, 6) is 0.699. The summed E-state index contributed by atoms with van der Waals surface area (Å²) in [7, 11) is 0. The zero-order valence-corrected chi connectivity index (χ0v) is 8.27. The molecule has 0 amide bonds. The SMILES string of the molecule is C[C@@H]1Sc2ccccc2[CH][C@@H]1C. The van der Waals surface area contributed by atoms with Gasteiger partial charge in [0.1, 0.15) is 0 Å². The molecule has 12 heavy (non-hydrogen) atoms. The molecule has 1 aliphatic heterocycles. The van der Waals surface area contributed by atoms with Crippen molar-refractivity contribution < 1.29 is 0 Å². The molecule has 1 aromatic carbocycles. The van der Waals surface area contributed by atoms with Crippen LogP contribution in [0.15, 0.2) is 29.2 Å². The average Bonchev–Trinajstić information content (AvgIpc) is 2.07. The first kappa shape index (κ1) is 8.18. The van der Waals surface area contributed by atoms with Crippen molar-refractivity contribution in [2.45, 2.75) is 24.0 Å². The highest BCUT2D eigenvalue weighted by Gasteiger charge is 2.21. The lowest BCUT2D eigenvalue weighted by Crippen LogP contribution is -2.16. The topological polar surface area (TPSA) is 0 Å². The summed E-state index contributed by atoms with van der Waals surface area (Å²) < 4.78 is 0. The van der Waals surface area contributed by atoms with Crippen molar-refractivity contribution in [3.8, 4) is 0 Å². The second kappa shape index (κ2) is 3.14. The number of fused-ring (bicyclic) bond motifs is 1. The summed E-state index contributed by atoms with van der Waals surface area (Å²) >= 11 is 1.99. The van der Waals surface area contributed by atoms with E-state index in [4.69, 9.17) is 0 Å². The van der Waals surface area contributed by atoms with Gasteiger partial charge in [0.15, 0.2) is 0 Å². The van der Waals surface area contributed by atoms with Crippen molar-refractivity contribution in [3.05, 3.63) is 36.2 Å². The molecule has 0 aromatic heterocycles. The van der Waals surface area contributed by atoms with Crippen LogP contribution in [0, 0.1) is 12.3 Å². The van der Waals surface area contributed by atoms with Crippen molar-refractivity contribution >= 4 is 11.8 Å². The zero-order chi connectivity index (χ0) is 8.55. The molecule has 1 heteroatoms. The van der Waals surface area contributed by atoms with Gasteiger partial charge in [-0.3, -0.25) is 0 Å². The molecule has 1 aliphatic rings. The first-order valence-electron chi connectivity index (χ1n) is 4.38. The average molecular weight is 177 g/mol. The Labute approximate surface area is 78.4 Å². The third kappa shape index (κ3) is 1.38. The van der Waals surface area contributed by atoms with Crippen LogP contribution in [0.5, 0.6) is 0 Å². The van der Waals surface area contributed by atoms with E-state index in [1.165, 1.54) is 10.5 Å². The van der Waals surface area contributed by atoms with E-state index in [1.807, 2.05) is 11.8 Å². The number of benzene rings is 1. The quantitative estimate of drug-likeness (QED) is 0.585. The van der Waals surface area contributed by atoms with E-state index >= 15 is 0 Å². The molecule has 0 saturated carbocycles. The molecular weight excluding hydrogens is 164 g/mol. The fourth-order valence-electron chi connectivity index (χ4n) is 1.45. The van der Waals surface area contributed by atoms with E-state index in [2.05, 4.69) is 44.5 Å². The monoisotopic (exact) mass is 177 g/mol. The highest BCUT2D eigenvalue weighted by molar-refractivity contribution is 8.00.